The van der Waals surface area contributed by atoms with E-state index in [0.29, 0.717) is 18.8 Å². The summed E-state index contributed by atoms with van der Waals surface area (Å²) in [5, 5.41) is 0. The molecule has 2 N–H and O–H groups in total. The van der Waals surface area contributed by atoms with Gasteiger partial charge in [-0.1, -0.05) is 43.3 Å². The summed E-state index contributed by atoms with van der Waals surface area (Å²) in [5.74, 6) is 0.758. The molecule has 0 unspecified atom stereocenters. The first-order valence-electron chi connectivity index (χ1n) is 8.65. The number of para-hydroxylation sites is 2. The van der Waals surface area contributed by atoms with E-state index >= 15 is 0 Å². The van der Waals surface area contributed by atoms with Crippen LogP contribution in [-0.4, -0.2) is 25.0 Å². The fraction of sp³-hybridized carbons (Fsp3) is 0.300. The molecule has 138 valence electrons. The maximum Gasteiger partial charge on any atom is 0.276 e. The predicted octanol–water partition coefficient (Wildman–Crippen LogP) is 2.63. The van der Waals surface area contributed by atoms with Gasteiger partial charge in [0.05, 0.1) is 6.61 Å². The number of benzene rings is 2. The van der Waals surface area contributed by atoms with E-state index in [4.69, 9.17) is 9.47 Å². The molecule has 0 radical (unpaired) electrons. The van der Waals surface area contributed by atoms with Gasteiger partial charge in [-0.25, -0.2) is 0 Å². The van der Waals surface area contributed by atoms with Crippen LogP contribution in [0.3, 0.4) is 0 Å². The molecule has 0 heterocycles. The summed E-state index contributed by atoms with van der Waals surface area (Å²) in [6.45, 7) is 2.29. The summed E-state index contributed by atoms with van der Waals surface area (Å²) >= 11 is 0. The third-order valence-electron chi connectivity index (χ3n) is 3.61. The fourth-order valence-electron chi connectivity index (χ4n) is 2.26. The predicted molar refractivity (Wildman–Crippen MR) is 98.8 cm³/mol. The molecule has 0 bridgehead atoms. The van der Waals surface area contributed by atoms with Gasteiger partial charge >= 0.3 is 0 Å². The quantitative estimate of drug-likeness (QED) is 0.535. The summed E-state index contributed by atoms with van der Waals surface area (Å²) in [6, 6.07) is 16.9. The Bertz CT molecular complexity index is 704. The number of carbonyl (C=O) groups excluding carboxylic acids is 2. The molecule has 2 rings (SSSR count). The minimum atomic E-state index is -0.412. The Balaban J connectivity index is 1.59. The lowest BCUT2D eigenvalue weighted by Crippen LogP contribution is -2.43. The molecule has 0 aromatic heterocycles. The number of ether oxygens (including phenoxy) is 2. The van der Waals surface area contributed by atoms with Crippen molar-refractivity contribution in [2.45, 2.75) is 26.2 Å². The molecule has 26 heavy (non-hydrogen) atoms. The van der Waals surface area contributed by atoms with Crippen LogP contribution in [0.1, 0.15) is 25.3 Å². The standard InChI is InChI=1S/C20H24N2O4/c1-2-16-9-6-7-12-18(16)26-15-20(24)22-21-19(23)13-8-14-25-17-10-4-3-5-11-17/h3-7,9-12H,2,8,13-15H2,1H3,(H,21,23)(H,22,24). The summed E-state index contributed by atoms with van der Waals surface area (Å²) < 4.78 is 11.0. The van der Waals surface area contributed by atoms with Crippen LogP contribution in [-0.2, 0) is 16.0 Å². The van der Waals surface area contributed by atoms with Gasteiger partial charge in [0.1, 0.15) is 11.5 Å². The molecule has 0 saturated heterocycles. The molecule has 0 aliphatic rings. The second-order valence-corrected chi connectivity index (χ2v) is 5.61. The Morgan fingerprint density at radius 3 is 2.35 bits per heavy atom. The molecule has 6 nitrogen and oxygen atoms in total. The Morgan fingerprint density at radius 1 is 0.885 bits per heavy atom. The fourth-order valence-corrected chi connectivity index (χ4v) is 2.26. The molecule has 0 aliphatic carbocycles. The van der Waals surface area contributed by atoms with Gasteiger partial charge in [-0.2, -0.15) is 0 Å². The van der Waals surface area contributed by atoms with E-state index < -0.39 is 5.91 Å². The molecule has 2 aromatic rings. The first-order chi connectivity index (χ1) is 12.7. The van der Waals surface area contributed by atoms with Crippen LogP contribution in [0.25, 0.3) is 0 Å². The second-order valence-electron chi connectivity index (χ2n) is 5.61. The van der Waals surface area contributed by atoms with Crippen LogP contribution in [0.2, 0.25) is 0 Å². The zero-order valence-electron chi connectivity index (χ0n) is 14.9. The molecule has 6 heteroatoms. The number of amides is 2. The number of carbonyl (C=O) groups is 2. The molecule has 0 spiro atoms. The largest absolute Gasteiger partial charge is 0.494 e. The van der Waals surface area contributed by atoms with Crippen LogP contribution in [0, 0.1) is 0 Å². The van der Waals surface area contributed by atoms with Crippen LogP contribution >= 0.6 is 0 Å². The number of hydrazine groups is 1. The number of hydrogen-bond acceptors (Lipinski definition) is 4. The zero-order valence-corrected chi connectivity index (χ0v) is 14.9. The van der Waals surface area contributed by atoms with E-state index in [1.807, 2.05) is 61.5 Å². The SMILES string of the molecule is CCc1ccccc1OCC(=O)NNC(=O)CCCOc1ccccc1. The van der Waals surface area contributed by atoms with Crippen molar-refractivity contribution in [3.8, 4) is 11.5 Å². The topological polar surface area (TPSA) is 76.7 Å². The van der Waals surface area contributed by atoms with Gasteiger partial charge in [-0.05, 0) is 36.6 Å². The van der Waals surface area contributed by atoms with Crippen molar-refractivity contribution >= 4 is 11.8 Å². The van der Waals surface area contributed by atoms with Gasteiger partial charge in [0.25, 0.3) is 5.91 Å². The highest BCUT2D eigenvalue weighted by Gasteiger charge is 2.07. The lowest BCUT2D eigenvalue weighted by Gasteiger charge is -2.11. The van der Waals surface area contributed by atoms with Gasteiger partial charge in [0, 0.05) is 6.42 Å². The van der Waals surface area contributed by atoms with Gasteiger partial charge in [0.15, 0.2) is 6.61 Å². The lowest BCUT2D eigenvalue weighted by molar-refractivity contribution is -0.130. The number of hydrogen-bond donors (Lipinski definition) is 2. The van der Waals surface area contributed by atoms with Crippen LogP contribution in [0.4, 0.5) is 0 Å². The van der Waals surface area contributed by atoms with Crippen molar-refractivity contribution in [1.82, 2.24) is 10.9 Å². The van der Waals surface area contributed by atoms with Crippen molar-refractivity contribution < 1.29 is 19.1 Å². The Morgan fingerprint density at radius 2 is 1.58 bits per heavy atom. The van der Waals surface area contributed by atoms with E-state index in [2.05, 4.69) is 10.9 Å². The Hall–Kier alpha value is -3.02. The van der Waals surface area contributed by atoms with Gasteiger partial charge < -0.3 is 9.47 Å². The lowest BCUT2D eigenvalue weighted by atomic mass is 10.1. The molecule has 0 aliphatic heterocycles. The minimum Gasteiger partial charge on any atom is -0.494 e. The summed E-state index contributed by atoms with van der Waals surface area (Å²) in [4.78, 5) is 23.5. The van der Waals surface area contributed by atoms with Gasteiger partial charge in [-0.3, -0.25) is 20.4 Å². The van der Waals surface area contributed by atoms with Crippen LogP contribution in [0.5, 0.6) is 11.5 Å². The Labute approximate surface area is 153 Å². The molecular formula is C20H24N2O4. The Kier molecular flexibility index (Phi) is 7.99. The molecule has 0 atom stereocenters. The van der Waals surface area contributed by atoms with Crippen molar-refractivity contribution in [1.29, 1.82) is 0 Å². The summed E-state index contributed by atoms with van der Waals surface area (Å²) in [6.07, 6.45) is 1.63. The summed E-state index contributed by atoms with van der Waals surface area (Å²) in [5.41, 5.74) is 5.75. The number of nitrogens with one attached hydrogen (secondary N) is 2. The maximum atomic E-state index is 11.8. The molecule has 0 saturated carbocycles. The van der Waals surface area contributed by atoms with Crippen LogP contribution < -0.4 is 20.3 Å². The number of rotatable bonds is 9. The average Bonchev–Trinajstić information content (AvgIpc) is 2.69. The number of aryl methyl sites for hydroxylation is 1. The zero-order chi connectivity index (χ0) is 18.6. The highest BCUT2D eigenvalue weighted by Crippen LogP contribution is 2.17. The molecular weight excluding hydrogens is 332 g/mol. The summed E-state index contributed by atoms with van der Waals surface area (Å²) in [7, 11) is 0. The van der Waals surface area contributed by atoms with E-state index in [1.54, 1.807) is 0 Å². The van der Waals surface area contributed by atoms with Crippen molar-refractivity contribution in [2.75, 3.05) is 13.2 Å². The van der Waals surface area contributed by atoms with E-state index in [9.17, 15) is 9.59 Å². The van der Waals surface area contributed by atoms with Crippen molar-refractivity contribution in [2.24, 2.45) is 0 Å². The van der Waals surface area contributed by atoms with E-state index in [1.165, 1.54) is 0 Å². The molecule has 0 fully saturated rings. The smallest absolute Gasteiger partial charge is 0.276 e. The minimum absolute atomic E-state index is 0.158. The van der Waals surface area contributed by atoms with Gasteiger partial charge in [0.2, 0.25) is 5.91 Å². The normalized spacial score (nSPS) is 10.0. The van der Waals surface area contributed by atoms with E-state index in [-0.39, 0.29) is 18.9 Å². The highest BCUT2D eigenvalue weighted by molar-refractivity contribution is 5.82. The average molecular weight is 356 g/mol. The highest BCUT2D eigenvalue weighted by atomic mass is 16.5. The molecule has 2 aromatic carbocycles. The third kappa shape index (κ3) is 6.84. The first-order valence-corrected chi connectivity index (χ1v) is 8.65. The second kappa shape index (κ2) is 10.8. The maximum absolute atomic E-state index is 11.8. The van der Waals surface area contributed by atoms with Crippen molar-refractivity contribution in [3.05, 3.63) is 60.2 Å². The van der Waals surface area contributed by atoms with Crippen LogP contribution in [0.15, 0.2) is 54.6 Å². The monoisotopic (exact) mass is 356 g/mol. The van der Waals surface area contributed by atoms with Crippen molar-refractivity contribution in [3.63, 3.8) is 0 Å². The molecule has 2 amide bonds. The van der Waals surface area contributed by atoms with Gasteiger partial charge in [-0.15, -0.1) is 0 Å². The first kappa shape index (κ1) is 19.3. The third-order valence-corrected chi connectivity index (χ3v) is 3.61. The van der Waals surface area contributed by atoms with E-state index in [0.717, 1.165) is 17.7 Å².